The molecule has 3 aromatic rings. The number of ketones is 2. The molecule has 2 aromatic heterocycles. The largest absolute Gasteiger partial charge is 0.461 e. The quantitative estimate of drug-likeness (QED) is 0.656. The van der Waals surface area contributed by atoms with Crippen molar-refractivity contribution >= 4 is 11.6 Å². The number of furan rings is 1. The molecular formula is C18H16N2O3. The Morgan fingerprint density at radius 1 is 1.17 bits per heavy atom. The van der Waals surface area contributed by atoms with Gasteiger partial charge < -0.3 is 8.98 Å². The van der Waals surface area contributed by atoms with Crippen LogP contribution in [0.5, 0.6) is 0 Å². The molecule has 0 bridgehead atoms. The number of hydrogen-bond donors (Lipinski definition) is 0. The molecule has 0 spiro atoms. The second kappa shape index (κ2) is 6.44. The highest BCUT2D eigenvalue weighted by Crippen LogP contribution is 2.26. The van der Waals surface area contributed by atoms with E-state index in [1.54, 1.807) is 36.1 Å². The Morgan fingerprint density at radius 3 is 2.57 bits per heavy atom. The van der Waals surface area contributed by atoms with Gasteiger partial charge in [0.05, 0.1) is 12.2 Å². The van der Waals surface area contributed by atoms with Crippen molar-refractivity contribution in [1.82, 2.24) is 9.55 Å². The van der Waals surface area contributed by atoms with Crippen molar-refractivity contribution in [2.24, 2.45) is 7.05 Å². The van der Waals surface area contributed by atoms with E-state index in [9.17, 15) is 9.59 Å². The van der Waals surface area contributed by atoms with Gasteiger partial charge in [0.15, 0.2) is 17.4 Å². The van der Waals surface area contributed by atoms with Gasteiger partial charge >= 0.3 is 0 Å². The minimum Gasteiger partial charge on any atom is -0.461 e. The average Bonchev–Trinajstić information content (AvgIpc) is 3.24. The monoisotopic (exact) mass is 308 g/mol. The Labute approximate surface area is 133 Å². The maximum atomic E-state index is 12.7. The topological polar surface area (TPSA) is 65.1 Å². The second-order valence-corrected chi connectivity index (χ2v) is 5.29. The Morgan fingerprint density at radius 2 is 1.96 bits per heavy atom. The zero-order valence-corrected chi connectivity index (χ0v) is 12.7. The van der Waals surface area contributed by atoms with E-state index in [0.717, 1.165) is 5.56 Å². The molecule has 3 rings (SSSR count). The lowest BCUT2D eigenvalue weighted by molar-refractivity contribution is 0.0871. The lowest BCUT2D eigenvalue weighted by atomic mass is 9.88. The molecule has 0 aliphatic heterocycles. The number of carbonyl (C=O) groups is 2. The van der Waals surface area contributed by atoms with Crippen LogP contribution in [0.3, 0.4) is 0 Å². The molecule has 0 saturated carbocycles. The molecular weight excluding hydrogens is 292 g/mol. The third-order valence-electron chi connectivity index (χ3n) is 3.74. The van der Waals surface area contributed by atoms with Gasteiger partial charge in [-0.15, -0.1) is 0 Å². The van der Waals surface area contributed by atoms with Crippen molar-refractivity contribution in [1.29, 1.82) is 0 Å². The summed E-state index contributed by atoms with van der Waals surface area (Å²) < 4.78 is 6.87. The predicted octanol–water partition coefficient (Wildman–Crippen LogP) is 3.25. The molecule has 1 unspecified atom stereocenters. The first-order valence-electron chi connectivity index (χ1n) is 7.30. The van der Waals surface area contributed by atoms with E-state index < -0.39 is 5.92 Å². The molecule has 0 aliphatic carbocycles. The summed E-state index contributed by atoms with van der Waals surface area (Å²) >= 11 is 0. The lowest BCUT2D eigenvalue weighted by Crippen LogP contribution is -2.18. The fraction of sp³-hybridized carbons (Fsp3) is 0.167. The SMILES string of the molecule is Cn1ccnc1C(=O)CC(C(=O)c1ccco1)c1ccccc1. The zero-order valence-electron chi connectivity index (χ0n) is 12.7. The molecule has 1 atom stereocenters. The number of aromatic nitrogens is 2. The van der Waals surface area contributed by atoms with E-state index in [2.05, 4.69) is 4.98 Å². The summed E-state index contributed by atoms with van der Waals surface area (Å²) in [7, 11) is 1.76. The van der Waals surface area contributed by atoms with Gasteiger partial charge in [0.2, 0.25) is 5.78 Å². The minimum absolute atomic E-state index is 0.0500. The number of imidazole rings is 1. The number of benzene rings is 1. The van der Waals surface area contributed by atoms with E-state index in [4.69, 9.17) is 4.42 Å². The molecule has 0 radical (unpaired) electrons. The maximum absolute atomic E-state index is 12.7. The molecule has 23 heavy (non-hydrogen) atoms. The number of hydrogen-bond acceptors (Lipinski definition) is 4. The fourth-order valence-corrected chi connectivity index (χ4v) is 2.55. The van der Waals surface area contributed by atoms with Crippen LogP contribution in [0, 0.1) is 0 Å². The Kier molecular flexibility index (Phi) is 4.19. The highest BCUT2D eigenvalue weighted by molar-refractivity contribution is 6.03. The van der Waals surface area contributed by atoms with Gasteiger partial charge in [0.25, 0.3) is 0 Å². The normalized spacial score (nSPS) is 12.0. The van der Waals surface area contributed by atoms with Crippen molar-refractivity contribution < 1.29 is 14.0 Å². The van der Waals surface area contributed by atoms with Crippen molar-refractivity contribution in [3.8, 4) is 0 Å². The molecule has 0 fully saturated rings. The van der Waals surface area contributed by atoms with Gasteiger partial charge in [-0.2, -0.15) is 0 Å². The van der Waals surface area contributed by atoms with Crippen LogP contribution in [0.1, 0.15) is 39.1 Å². The summed E-state index contributed by atoms with van der Waals surface area (Å²) in [4.78, 5) is 29.3. The second-order valence-electron chi connectivity index (χ2n) is 5.29. The third kappa shape index (κ3) is 3.13. The Hall–Kier alpha value is -2.95. The lowest BCUT2D eigenvalue weighted by Gasteiger charge is -2.14. The van der Waals surface area contributed by atoms with Crippen LogP contribution >= 0.6 is 0 Å². The average molecular weight is 308 g/mol. The van der Waals surface area contributed by atoms with Crippen LogP contribution in [-0.4, -0.2) is 21.1 Å². The Bertz CT molecular complexity index is 804. The summed E-state index contributed by atoms with van der Waals surface area (Å²) in [5.74, 6) is -0.369. The van der Waals surface area contributed by atoms with Gasteiger partial charge in [0.1, 0.15) is 0 Å². The maximum Gasteiger partial charge on any atom is 0.205 e. The fourth-order valence-electron chi connectivity index (χ4n) is 2.55. The smallest absolute Gasteiger partial charge is 0.205 e. The van der Waals surface area contributed by atoms with Crippen LogP contribution in [-0.2, 0) is 7.05 Å². The summed E-state index contributed by atoms with van der Waals surface area (Å²) in [5, 5.41) is 0. The van der Waals surface area contributed by atoms with E-state index in [1.807, 2.05) is 30.3 Å². The van der Waals surface area contributed by atoms with E-state index in [-0.39, 0.29) is 23.7 Å². The van der Waals surface area contributed by atoms with Gasteiger partial charge in [-0.05, 0) is 17.7 Å². The first-order chi connectivity index (χ1) is 11.2. The molecule has 0 aliphatic rings. The molecule has 1 aromatic carbocycles. The van der Waals surface area contributed by atoms with Crippen LogP contribution in [0.25, 0.3) is 0 Å². The van der Waals surface area contributed by atoms with E-state index >= 15 is 0 Å². The van der Waals surface area contributed by atoms with Crippen molar-refractivity contribution in [3.05, 3.63) is 78.3 Å². The Balaban J connectivity index is 1.91. The van der Waals surface area contributed by atoms with E-state index in [0.29, 0.717) is 5.82 Å². The minimum atomic E-state index is -0.591. The molecule has 2 heterocycles. The number of aryl methyl sites for hydroxylation is 1. The third-order valence-corrected chi connectivity index (χ3v) is 3.74. The standard InChI is InChI=1S/C18H16N2O3/c1-20-10-9-19-18(20)15(21)12-14(13-6-3-2-4-7-13)17(22)16-8-5-11-23-16/h2-11,14H,12H2,1H3. The number of nitrogens with zero attached hydrogens (tertiary/aromatic N) is 2. The molecule has 116 valence electrons. The van der Waals surface area contributed by atoms with Crippen LogP contribution in [0.15, 0.2) is 65.5 Å². The van der Waals surface area contributed by atoms with Gasteiger partial charge in [-0.1, -0.05) is 30.3 Å². The molecule has 0 N–H and O–H groups in total. The summed E-state index contributed by atoms with van der Waals surface area (Å²) in [5.41, 5.74) is 0.788. The van der Waals surface area contributed by atoms with Crippen molar-refractivity contribution in [3.63, 3.8) is 0 Å². The number of carbonyl (C=O) groups excluding carboxylic acids is 2. The molecule has 5 nitrogen and oxygen atoms in total. The summed E-state index contributed by atoms with van der Waals surface area (Å²) in [6, 6.07) is 12.5. The number of Topliss-reactive ketones (excluding diaryl/α,β-unsaturated/α-hetero) is 2. The van der Waals surface area contributed by atoms with Gasteiger partial charge in [-0.3, -0.25) is 9.59 Å². The zero-order chi connectivity index (χ0) is 16.2. The first-order valence-corrected chi connectivity index (χ1v) is 7.30. The van der Waals surface area contributed by atoms with Crippen LogP contribution in [0.4, 0.5) is 0 Å². The first kappa shape index (κ1) is 15.0. The highest BCUT2D eigenvalue weighted by Gasteiger charge is 2.28. The van der Waals surface area contributed by atoms with Crippen LogP contribution < -0.4 is 0 Å². The van der Waals surface area contributed by atoms with Crippen molar-refractivity contribution in [2.75, 3.05) is 0 Å². The molecule has 0 amide bonds. The predicted molar refractivity (Wildman–Crippen MR) is 84.4 cm³/mol. The van der Waals surface area contributed by atoms with Crippen molar-refractivity contribution in [2.45, 2.75) is 12.3 Å². The molecule has 0 saturated heterocycles. The molecule has 5 heteroatoms. The van der Waals surface area contributed by atoms with Gasteiger partial charge in [-0.25, -0.2) is 4.98 Å². The number of rotatable bonds is 6. The van der Waals surface area contributed by atoms with Gasteiger partial charge in [0, 0.05) is 25.9 Å². The van der Waals surface area contributed by atoms with Crippen LogP contribution in [0.2, 0.25) is 0 Å². The van der Waals surface area contributed by atoms with E-state index in [1.165, 1.54) is 6.26 Å². The highest BCUT2D eigenvalue weighted by atomic mass is 16.3. The summed E-state index contributed by atoms with van der Waals surface area (Å²) in [6.07, 6.45) is 4.78. The summed E-state index contributed by atoms with van der Waals surface area (Å²) in [6.45, 7) is 0.